The van der Waals surface area contributed by atoms with Gasteiger partial charge in [-0.1, -0.05) is 12.1 Å². The SMILES string of the molecule is OC[C@@H]1CC[C@@H]2[C@@H](c3cccc(F)c3)Nc3ccc(C(F)(F)F)cc3[C@@H]2O1. The second-order valence-corrected chi connectivity index (χ2v) is 7.08. The summed E-state index contributed by atoms with van der Waals surface area (Å²) in [5.74, 6) is -0.528. The molecule has 2 heterocycles. The van der Waals surface area contributed by atoms with Gasteiger partial charge in [0.15, 0.2) is 0 Å². The molecule has 1 saturated heterocycles. The Bertz CT molecular complexity index is 839. The lowest BCUT2D eigenvalue weighted by Crippen LogP contribution is -2.40. The molecule has 2 aliphatic rings. The smallest absolute Gasteiger partial charge is 0.394 e. The maximum Gasteiger partial charge on any atom is 0.416 e. The minimum atomic E-state index is -4.45. The second-order valence-electron chi connectivity index (χ2n) is 7.08. The predicted octanol–water partition coefficient (Wildman–Crippen LogP) is 4.84. The van der Waals surface area contributed by atoms with Crippen molar-refractivity contribution < 1.29 is 27.4 Å². The second kappa shape index (κ2) is 6.80. The van der Waals surface area contributed by atoms with Crippen molar-refractivity contribution in [2.24, 2.45) is 5.92 Å². The number of anilines is 1. The van der Waals surface area contributed by atoms with Crippen LogP contribution in [0.1, 0.15) is 41.7 Å². The summed E-state index contributed by atoms with van der Waals surface area (Å²) in [7, 11) is 0. The summed E-state index contributed by atoms with van der Waals surface area (Å²) >= 11 is 0. The highest BCUT2D eigenvalue weighted by molar-refractivity contribution is 5.58. The molecule has 0 spiro atoms. The monoisotopic (exact) mass is 381 g/mol. The first-order chi connectivity index (χ1) is 12.9. The Morgan fingerprint density at radius 2 is 1.93 bits per heavy atom. The number of aliphatic hydroxyl groups excluding tert-OH is 1. The van der Waals surface area contributed by atoms with Crippen LogP contribution in [0.5, 0.6) is 0 Å². The van der Waals surface area contributed by atoms with Gasteiger partial charge in [-0.05, 0) is 48.7 Å². The van der Waals surface area contributed by atoms with Gasteiger partial charge < -0.3 is 15.2 Å². The van der Waals surface area contributed by atoms with E-state index in [4.69, 9.17) is 4.74 Å². The van der Waals surface area contributed by atoms with Gasteiger partial charge in [-0.15, -0.1) is 0 Å². The largest absolute Gasteiger partial charge is 0.416 e. The molecule has 1 fully saturated rings. The van der Waals surface area contributed by atoms with Gasteiger partial charge in [0.25, 0.3) is 0 Å². The molecule has 27 heavy (non-hydrogen) atoms. The Morgan fingerprint density at radius 1 is 1.11 bits per heavy atom. The van der Waals surface area contributed by atoms with E-state index in [9.17, 15) is 22.7 Å². The van der Waals surface area contributed by atoms with E-state index in [0.717, 1.165) is 17.7 Å². The first-order valence-electron chi connectivity index (χ1n) is 8.86. The minimum Gasteiger partial charge on any atom is -0.394 e. The average Bonchev–Trinajstić information content (AvgIpc) is 2.65. The molecule has 7 heteroatoms. The van der Waals surface area contributed by atoms with Crippen LogP contribution in [0.3, 0.4) is 0 Å². The normalized spacial score (nSPS) is 27.4. The Kier molecular flexibility index (Phi) is 4.60. The number of nitrogens with one attached hydrogen (secondary N) is 1. The number of ether oxygens (including phenoxy) is 1. The summed E-state index contributed by atoms with van der Waals surface area (Å²) < 4.78 is 59.2. The highest BCUT2D eigenvalue weighted by Crippen LogP contribution is 2.51. The molecule has 0 unspecified atom stereocenters. The van der Waals surface area contributed by atoms with Gasteiger partial charge in [-0.25, -0.2) is 4.39 Å². The van der Waals surface area contributed by atoms with Gasteiger partial charge in [0.2, 0.25) is 0 Å². The molecule has 2 aromatic rings. The maximum atomic E-state index is 13.7. The topological polar surface area (TPSA) is 41.5 Å². The van der Waals surface area contributed by atoms with Crippen LogP contribution in [0, 0.1) is 11.7 Å². The third-order valence-electron chi connectivity index (χ3n) is 5.39. The molecule has 2 aliphatic heterocycles. The van der Waals surface area contributed by atoms with Gasteiger partial charge in [-0.2, -0.15) is 13.2 Å². The summed E-state index contributed by atoms with van der Waals surface area (Å²) in [6.45, 7) is -0.185. The van der Waals surface area contributed by atoms with E-state index >= 15 is 0 Å². The predicted molar refractivity (Wildman–Crippen MR) is 91.6 cm³/mol. The summed E-state index contributed by atoms with van der Waals surface area (Å²) in [4.78, 5) is 0. The zero-order chi connectivity index (χ0) is 19.2. The van der Waals surface area contributed by atoms with E-state index in [1.54, 1.807) is 12.1 Å². The number of aliphatic hydroxyl groups is 1. The molecule has 3 nitrogen and oxygen atoms in total. The van der Waals surface area contributed by atoms with Crippen molar-refractivity contribution in [3.63, 3.8) is 0 Å². The number of rotatable bonds is 2. The lowest BCUT2D eigenvalue weighted by molar-refractivity contribution is -0.138. The van der Waals surface area contributed by atoms with Gasteiger partial charge >= 0.3 is 6.18 Å². The molecule has 4 atom stereocenters. The van der Waals surface area contributed by atoms with Crippen molar-refractivity contribution in [1.82, 2.24) is 0 Å². The van der Waals surface area contributed by atoms with E-state index in [2.05, 4.69) is 5.32 Å². The average molecular weight is 381 g/mol. The first kappa shape index (κ1) is 18.3. The van der Waals surface area contributed by atoms with Gasteiger partial charge in [0, 0.05) is 17.2 Å². The molecule has 4 rings (SSSR count). The Labute approximate surface area is 154 Å². The fourth-order valence-electron chi connectivity index (χ4n) is 4.10. The van der Waals surface area contributed by atoms with Crippen molar-refractivity contribution in [3.05, 3.63) is 65.0 Å². The van der Waals surface area contributed by atoms with Gasteiger partial charge in [0.05, 0.1) is 30.4 Å². The quantitative estimate of drug-likeness (QED) is 0.732. The maximum absolute atomic E-state index is 13.7. The van der Waals surface area contributed by atoms with Crippen molar-refractivity contribution in [3.8, 4) is 0 Å². The van der Waals surface area contributed by atoms with Crippen molar-refractivity contribution in [2.45, 2.75) is 37.3 Å². The van der Waals surface area contributed by atoms with E-state index in [1.807, 2.05) is 0 Å². The highest BCUT2D eigenvalue weighted by Gasteiger charge is 2.43. The zero-order valence-electron chi connectivity index (χ0n) is 14.3. The van der Waals surface area contributed by atoms with E-state index in [1.165, 1.54) is 18.2 Å². The lowest BCUT2D eigenvalue weighted by Gasteiger charge is -2.45. The summed E-state index contributed by atoms with van der Waals surface area (Å²) in [5, 5.41) is 12.7. The third kappa shape index (κ3) is 3.41. The molecule has 0 aromatic heterocycles. The number of fused-ring (bicyclic) bond motifs is 3. The molecule has 0 bridgehead atoms. The summed E-state index contributed by atoms with van der Waals surface area (Å²) in [6.07, 6.45) is -4.21. The number of hydrogen-bond donors (Lipinski definition) is 2. The van der Waals surface area contributed by atoms with Gasteiger partial charge in [0.1, 0.15) is 5.82 Å². The third-order valence-corrected chi connectivity index (χ3v) is 5.39. The molecule has 2 aromatic carbocycles. The van der Waals surface area contributed by atoms with Crippen molar-refractivity contribution in [1.29, 1.82) is 0 Å². The molecule has 0 radical (unpaired) electrons. The Balaban J connectivity index is 1.78. The fraction of sp³-hybridized carbons (Fsp3) is 0.400. The van der Waals surface area contributed by atoms with Crippen LogP contribution in [0.4, 0.5) is 23.2 Å². The first-order valence-corrected chi connectivity index (χ1v) is 8.86. The molecule has 0 aliphatic carbocycles. The van der Waals surface area contributed by atoms with Gasteiger partial charge in [-0.3, -0.25) is 0 Å². The van der Waals surface area contributed by atoms with Crippen LogP contribution in [-0.4, -0.2) is 17.8 Å². The summed E-state index contributed by atoms with van der Waals surface area (Å²) in [6, 6.07) is 9.45. The van der Waals surface area contributed by atoms with E-state index in [0.29, 0.717) is 24.1 Å². The van der Waals surface area contributed by atoms with Crippen LogP contribution in [0.2, 0.25) is 0 Å². The molecule has 0 amide bonds. The van der Waals surface area contributed by atoms with Crippen LogP contribution in [-0.2, 0) is 10.9 Å². The Hall–Kier alpha value is -2.12. The van der Waals surface area contributed by atoms with Crippen LogP contribution in [0.25, 0.3) is 0 Å². The highest BCUT2D eigenvalue weighted by atomic mass is 19.4. The number of benzene rings is 2. The molecular formula is C20H19F4NO2. The van der Waals surface area contributed by atoms with Crippen LogP contribution < -0.4 is 5.32 Å². The molecule has 0 saturated carbocycles. The van der Waals surface area contributed by atoms with Crippen LogP contribution >= 0.6 is 0 Å². The van der Waals surface area contributed by atoms with Crippen molar-refractivity contribution >= 4 is 5.69 Å². The molecule has 2 N–H and O–H groups in total. The van der Waals surface area contributed by atoms with Crippen molar-refractivity contribution in [2.75, 3.05) is 11.9 Å². The molecular weight excluding hydrogens is 362 g/mol. The zero-order valence-corrected chi connectivity index (χ0v) is 14.3. The van der Waals surface area contributed by atoms with E-state index in [-0.39, 0.29) is 24.4 Å². The lowest BCUT2D eigenvalue weighted by atomic mass is 9.76. The fourth-order valence-corrected chi connectivity index (χ4v) is 4.10. The minimum absolute atomic E-state index is 0.161. The molecule has 144 valence electrons. The number of alkyl halides is 3. The summed E-state index contributed by atoms with van der Waals surface area (Å²) in [5.41, 5.74) is 0.958. The van der Waals surface area contributed by atoms with E-state index < -0.39 is 23.9 Å². The standard InChI is InChI=1S/C20H19F4NO2/c21-13-3-1-2-11(8-13)18-15-6-5-14(10-26)27-19(15)16-9-12(20(22,23)24)4-7-17(16)25-18/h1-4,7-9,14-15,18-19,25-26H,5-6,10H2/t14-,15+,18+,19+/m0/s1. The van der Waals surface area contributed by atoms with Crippen LogP contribution in [0.15, 0.2) is 42.5 Å². The number of hydrogen-bond acceptors (Lipinski definition) is 3. The number of halogens is 4. The Morgan fingerprint density at radius 3 is 2.63 bits per heavy atom.